The molecule has 4 aromatic heterocycles. The minimum Gasteiger partial charge on any atom is -0.461 e. The van der Waals surface area contributed by atoms with Crippen LogP contribution in [0.5, 0.6) is 0 Å². The number of carbonyl (C=O) groups is 2. The van der Waals surface area contributed by atoms with Crippen LogP contribution < -0.4 is 0 Å². The van der Waals surface area contributed by atoms with E-state index >= 15 is 0 Å². The Hall–Kier alpha value is -6.34. The summed E-state index contributed by atoms with van der Waals surface area (Å²) in [5.74, 6) is 4.24. The molecular formula is C39H26N6O4S2. The number of rotatable bonds is 8. The maximum absolute atomic E-state index is 13.2. The summed E-state index contributed by atoms with van der Waals surface area (Å²) in [6.45, 7) is 0.478. The van der Waals surface area contributed by atoms with Crippen molar-refractivity contribution in [3.05, 3.63) is 139 Å². The number of terminal acetylenes is 2. The average molecular weight is 707 g/mol. The molecule has 51 heavy (non-hydrogen) atoms. The molecule has 2 aromatic carbocycles. The number of fused-ring (bicyclic) bond motifs is 6. The molecule has 0 aliphatic carbocycles. The third-order valence-electron chi connectivity index (χ3n) is 8.40. The van der Waals surface area contributed by atoms with Crippen LogP contribution in [0.1, 0.15) is 69.4 Å². The van der Waals surface area contributed by atoms with Gasteiger partial charge in [-0.3, -0.25) is 19.1 Å². The van der Waals surface area contributed by atoms with Gasteiger partial charge in [0.25, 0.3) is 0 Å². The Bertz CT molecular complexity index is 2300. The first-order valence-electron chi connectivity index (χ1n) is 15.9. The van der Waals surface area contributed by atoms with E-state index in [1.54, 1.807) is 12.7 Å². The van der Waals surface area contributed by atoms with Crippen LogP contribution in [0, 0.1) is 24.7 Å². The summed E-state index contributed by atoms with van der Waals surface area (Å²) in [7, 11) is 0. The lowest BCUT2D eigenvalue weighted by Gasteiger charge is -2.08. The van der Waals surface area contributed by atoms with Crippen molar-refractivity contribution < 1.29 is 19.1 Å². The minimum atomic E-state index is -0.591. The van der Waals surface area contributed by atoms with Crippen molar-refractivity contribution >= 4 is 46.0 Å². The van der Waals surface area contributed by atoms with E-state index in [2.05, 4.69) is 21.8 Å². The van der Waals surface area contributed by atoms with E-state index in [0.717, 1.165) is 53.4 Å². The number of ether oxygens (including phenoxy) is 2. The first kappa shape index (κ1) is 31.9. The van der Waals surface area contributed by atoms with Gasteiger partial charge in [0.1, 0.15) is 12.7 Å². The highest BCUT2D eigenvalue weighted by molar-refractivity contribution is 7.15. The molecule has 12 heteroatoms. The molecule has 0 amide bonds. The van der Waals surface area contributed by atoms with Gasteiger partial charge in [-0.1, -0.05) is 72.5 Å². The fourth-order valence-corrected chi connectivity index (χ4v) is 8.00. The number of imidazole rings is 2. The molecule has 248 valence electrons. The zero-order chi connectivity index (χ0) is 34.9. The summed E-state index contributed by atoms with van der Waals surface area (Å²) in [4.78, 5) is 48.3. The number of aromatic nitrogens is 4. The predicted molar refractivity (Wildman–Crippen MR) is 196 cm³/mol. The van der Waals surface area contributed by atoms with Crippen LogP contribution in [0.15, 0.2) is 95.4 Å². The second-order valence-electron chi connectivity index (χ2n) is 11.4. The van der Waals surface area contributed by atoms with Crippen LogP contribution in [0.25, 0.3) is 11.4 Å². The van der Waals surface area contributed by atoms with Gasteiger partial charge in [-0.25, -0.2) is 19.6 Å². The SMILES string of the molecule is C#Cc1cc2c(s1)C(c1ccccc1)=NCc1c(C(=O)OCCCOC(=O)c3ncn4c3CN=C(c3ccccc3)c3sc(C#C)cc3-4)ncn1-2. The van der Waals surface area contributed by atoms with E-state index in [-0.39, 0.29) is 44.1 Å². The highest BCUT2D eigenvalue weighted by atomic mass is 32.1. The van der Waals surface area contributed by atoms with E-state index < -0.39 is 11.9 Å². The van der Waals surface area contributed by atoms with E-state index in [9.17, 15) is 9.59 Å². The van der Waals surface area contributed by atoms with Gasteiger partial charge in [0.15, 0.2) is 11.4 Å². The lowest BCUT2D eigenvalue weighted by molar-refractivity contribution is 0.0388. The lowest BCUT2D eigenvalue weighted by Crippen LogP contribution is -2.14. The summed E-state index contributed by atoms with van der Waals surface area (Å²) in [5.41, 5.74) is 6.66. The molecule has 6 heterocycles. The van der Waals surface area contributed by atoms with Gasteiger partial charge in [0.05, 0.1) is 80.0 Å². The number of nitrogens with zero attached hydrogens (tertiary/aromatic N) is 6. The fourth-order valence-electron chi connectivity index (χ4n) is 6.02. The molecule has 0 saturated carbocycles. The summed E-state index contributed by atoms with van der Waals surface area (Å²) in [5, 5.41) is 0. The van der Waals surface area contributed by atoms with Crippen LogP contribution in [-0.4, -0.2) is 55.7 Å². The molecule has 0 spiro atoms. The molecule has 8 rings (SSSR count). The van der Waals surface area contributed by atoms with Crippen molar-refractivity contribution in [1.82, 2.24) is 19.1 Å². The van der Waals surface area contributed by atoms with Gasteiger partial charge in [-0.05, 0) is 12.1 Å². The Morgan fingerprint density at radius 2 is 1.12 bits per heavy atom. The Morgan fingerprint density at radius 3 is 1.53 bits per heavy atom. The molecule has 2 aliphatic heterocycles. The van der Waals surface area contributed by atoms with Gasteiger partial charge < -0.3 is 9.47 Å². The topological polar surface area (TPSA) is 113 Å². The van der Waals surface area contributed by atoms with Crippen LogP contribution >= 0.6 is 22.7 Å². The number of carbonyl (C=O) groups excluding carboxylic acids is 2. The van der Waals surface area contributed by atoms with Gasteiger partial charge >= 0.3 is 11.9 Å². The van der Waals surface area contributed by atoms with E-state index in [1.807, 2.05) is 81.9 Å². The molecule has 0 N–H and O–H groups in total. The molecule has 0 bridgehead atoms. The second-order valence-corrected chi connectivity index (χ2v) is 13.5. The maximum Gasteiger partial charge on any atom is 0.358 e. The number of hydrogen-bond acceptors (Lipinski definition) is 10. The number of esters is 2. The first-order valence-corrected chi connectivity index (χ1v) is 17.6. The first-order chi connectivity index (χ1) is 25.0. The monoisotopic (exact) mass is 706 g/mol. The predicted octanol–water partition coefficient (Wildman–Crippen LogP) is 6.25. The zero-order valence-corrected chi connectivity index (χ0v) is 28.5. The van der Waals surface area contributed by atoms with Crippen LogP contribution in [0.2, 0.25) is 0 Å². The molecule has 0 unspecified atom stereocenters. The van der Waals surface area contributed by atoms with E-state index in [0.29, 0.717) is 11.4 Å². The summed E-state index contributed by atoms with van der Waals surface area (Å²) in [6, 6.07) is 23.5. The van der Waals surface area contributed by atoms with Crippen molar-refractivity contribution in [3.8, 4) is 36.1 Å². The molecule has 2 aliphatic rings. The summed E-state index contributed by atoms with van der Waals surface area (Å²) in [6.07, 6.45) is 14.9. The number of benzene rings is 2. The Kier molecular flexibility index (Phi) is 8.46. The highest BCUT2D eigenvalue weighted by Crippen LogP contribution is 2.34. The molecule has 0 radical (unpaired) electrons. The number of hydrogen-bond donors (Lipinski definition) is 0. The second kappa shape index (κ2) is 13.5. The highest BCUT2D eigenvalue weighted by Gasteiger charge is 2.29. The van der Waals surface area contributed by atoms with Crippen molar-refractivity contribution in [2.45, 2.75) is 19.5 Å². The van der Waals surface area contributed by atoms with Crippen LogP contribution in [0.4, 0.5) is 0 Å². The molecule has 10 nitrogen and oxygen atoms in total. The van der Waals surface area contributed by atoms with Crippen molar-refractivity contribution in [1.29, 1.82) is 0 Å². The standard InChI is InChI=1S/C39H26N6O4S2/c1-3-26-18-28-36(50-26)32(24-12-7-5-8-13-24)40-20-30-34(42-22-44(28)30)38(46)48-16-11-17-49-39(47)35-31-21-41-33(25-14-9-6-10-15-25)37-29(45(31)23-43-35)19-27(4-2)51-37/h1-2,5-10,12-15,18-19,22-23H,11,16-17,20-21H2. The zero-order valence-electron chi connectivity index (χ0n) is 26.9. The number of aliphatic imine (C=N–C) groups is 2. The molecular weight excluding hydrogens is 681 g/mol. The van der Waals surface area contributed by atoms with Gasteiger partial charge in [-0.2, -0.15) is 0 Å². The van der Waals surface area contributed by atoms with Crippen molar-refractivity contribution in [2.75, 3.05) is 13.2 Å². The van der Waals surface area contributed by atoms with Gasteiger partial charge in [0, 0.05) is 17.5 Å². The number of thiophene rings is 2. The maximum atomic E-state index is 13.2. The molecule has 0 fully saturated rings. The van der Waals surface area contributed by atoms with E-state index in [1.165, 1.54) is 22.7 Å². The minimum absolute atomic E-state index is 0.0149. The van der Waals surface area contributed by atoms with Crippen LogP contribution in [-0.2, 0) is 22.6 Å². The third kappa shape index (κ3) is 5.87. The van der Waals surface area contributed by atoms with Gasteiger partial charge in [-0.15, -0.1) is 35.5 Å². The van der Waals surface area contributed by atoms with E-state index in [4.69, 9.17) is 32.3 Å². The fraction of sp³-hybridized carbons (Fsp3) is 0.128. The van der Waals surface area contributed by atoms with Gasteiger partial charge in [0.2, 0.25) is 0 Å². The molecule has 6 aromatic rings. The third-order valence-corrected chi connectivity index (χ3v) is 10.5. The average Bonchev–Trinajstić information content (AvgIpc) is 3.95. The quantitative estimate of drug-likeness (QED) is 0.105. The smallest absolute Gasteiger partial charge is 0.358 e. The largest absolute Gasteiger partial charge is 0.461 e. The van der Waals surface area contributed by atoms with Crippen molar-refractivity contribution in [2.24, 2.45) is 9.98 Å². The lowest BCUT2D eigenvalue weighted by atomic mass is 10.1. The Morgan fingerprint density at radius 1 is 0.686 bits per heavy atom. The van der Waals surface area contributed by atoms with Crippen molar-refractivity contribution in [3.63, 3.8) is 0 Å². The summed E-state index contributed by atoms with van der Waals surface area (Å²) < 4.78 is 14.8. The van der Waals surface area contributed by atoms with Crippen LogP contribution in [0.3, 0.4) is 0 Å². The Labute approximate surface area is 300 Å². The summed E-state index contributed by atoms with van der Waals surface area (Å²) >= 11 is 2.94. The molecule has 0 atom stereocenters. The normalized spacial score (nSPS) is 12.7. The Balaban J connectivity index is 0.933. The molecule has 0 saturated heterocycles.